The van der Waals surface area contributed by atoms with Crippen molar-refractivity contribution in [3.63, 3.8) is 0 Å². The molecule has 2 heterocycles. The molecule has 2 aliphatic heterocycles. The average Bonchev–Trinajstić information content (AvgIpc) is 3.07. The molecule has 0 aromatic heterocycles. The number of rotatable bonds is 6. The molecular formula is C21H30N4O. The molecule has 0 bridgehead atoms. The standard InChI is InChI=1S/C21H30N4O/c1-14(22)15(2)24-19-11-9-18-10-12-20(25(18)16(19)3)21(26)23-13-17-7-5-4-6-8-17/h4-8,14,18-20,24H,2-3,9-13,22H2,1H3,(H,23,26)/t14-,18+,19-,20-/m0/s1. The molecule has 2 aliphatic rings. The highest BCUT2D eigenvalue weighted by Crippen LogP contribution is 2.37. The second kappa shape index (κ2) is 7.96. The monoisotopic (exact) mass is 354 g/mol. The van der Waals surface area contributed by atoms with Crippen molar-refractivity contribution in [3.05, 3.63) is 60.4 Å². The summed E-state index contributed by atoms with van der Waals surface area (Å²) in [6, 6.07) is 10.3. The lowest BCUT2D eigenvalue weighted by Gasteiger charge is -2.42. The molecule has 2 fully saturated rings. The Kier molecular flexibility index (Phi) is 5.67. The Morgan fingerprint density at radius 3 is 2.65 bits per heavy atom. The predicted octanol–water partition coefficient (Wildman–Crippen LogP) is 2.26. The lowest BCUT2D eigenvalue weighted by molar-refractivity contribution is -0.125. The van der Waals surface area contributed by atoms with E-state index in [2.05, 4.69) is 28.7 Å². The summed E-state index contributed by atoms with van der Waals surface area (Å²) in [6.07, 6.45) is 3.99. The van der Waals surface area contributed by atoms with E-state index in [1.54, 1.807) is 0 Å². The van der Waals surface area contributed by atoms with Crippen LogP contribution in [0.4, 0.5) is 0 Å². The summed E-state index contributed by atoms with van der Waals surface area (Å²) in [5, 5.41) is 6.49. The van der Waals surface area contributed by atoms with E-state index in [0.717, 1.165) is 42.6 Å². The average molecular weight is 354 g/mol. The van der Waals surface area contributed by atoms with Crippen LogP contribution in [0.5, 0.6) is 0 Å². The Morgan fingerprint density at radius 2 is 1.96 bits per heavy atom. The van der Waals surface area contributed by atoms with Gasteiger partial charge < -0.3 is 21.3 Å². The third-order valence-electron chi connectivity index (χ3n) is 5.55. The van der Waals surface area contributed by atoms with E-state index < -0.39 is 0 Å². The van der Waals surface area contributed by atoms with Gasteiger partial charge in [-0.15, -0.1) is 0 Å². The first-order valence-corrected chi connectivity index (χ1v) is 9.47. The zero-order chi connectivity index (χ0) is 18.7. The maximum atomic E-state index is 12.8. The van der Waals surface area contributed by atoms with Crippen molar-refractivity contribution in [2.24, 2.45) is 5.73 Å². The molecule has 1 aromatic carbocycles. The molecule has 0 unspecified atom stereocenters. The number of hydrogen-bond donors (Lipinski definition) is 3. The summed E-state index contributed by atoms with van der Waals surface area (Å²) in [4.78, 5) is 15.0. The lowest BCUT2D eigenvalue weighted by Crippen LogP contribution is -2.52. The van der Waals surface area contributed by atoms with Gasteiger partial charge in [0.05, 0.1) is 6.04 Å². The van der Waals surface area contributed by atoms with Crippen molar-refractivity contribution < 1.29 is 4.79 Å². The molecule has 0 spiro atoms. The van der Waals surface area contributed by atoms with Crippen molar-refractivity contribution >= 4 is 5.91 Å². The van der Waals surface area contributed by atoms with Gasteiger partial charge in [-0.05, 0) is 38.2 Å². The van der Waals surface area contributed by atoms with Crippen LogP contribution in [0.2, 0.25) is 0 Å². The number of hydrogen-bond acceptors (Lipinski definition) is 4. The Hall–Kier alpha value is -2.27. The van der Waals surface area contributed by atoms with Gasteiger partial charge in [-0.1, -0.05) is 43.5 Å². The van der Waals surface area contributed by atoms with Gasteiger partial charge in [0.2, 0.25) is 5.91 Å². The minimum Gasteiger partial charge on any atom is -0.379 e. The van der Waals surface area contributed by atoms with Crippen LogP contribution in [0, 0.1) is 0 Å². The number of nitrogens with two attached hydrogens (primary N) is 1. The summed E-state index contributed by atoms with van der Waals surface area (Å²) in [5.41, 5.74) is 8.82. The maximum Gasteiger partial charge on any atom is 0.242 e. The molecule has 0 radical (unpaired) electrons. The van der Waals surface area contributed by atoms with E-state index >= 15 is 0 Å². The predicted molar refractivity (Wildman–Crippen MR) is 105 cm³/mol. The van der Waals surface area contributed by atoms with Gasteiger partial charge in [0.1, 0.15) is 6.04 Å². The molecule has 3 rings (SSSR count). The fourth-order valence-electron chi connectivity index (χ4n) is 3.98. The molecule has 4 atom stereocenters. The summed E-state index contributed by atoms with van der Waals surface area (Å²) < 4.78 is 0. The lowest BCUT2D eigenvalue weighted by atomic mass is 9.95. The number of fused-ring (bicyclic) bond motifs is 1. The van der Waals surface area contributed by atoms with Gasteiger partial charge in [0.15, 0.2) is 0 Å². The SMILES string of the molecule is C=C(N[C@H]1CC[C@@H]2CC[C@@H](C(=O)NCc3ccccc3)N2C1=C)[C@H](C)N. The number of benzene rings is 1. The quantitative estimate of drug-likeness (QED) is 0.733. The molecule has 5 heteroatoms. The molecule has 1 aromatic rings. The van der Waals surface area contributed by atoms with E-state index in [1.807, 2.05) is 37.3 Å². The van der Waals surface area contributed by atoms with Crippen LogP contribution >= 0.6 is 0 Å². The van der Waals surface area contributed by atoms with Crippen LogP contribution in [0.25, 0.3) is 0 Å². The number of amides is 1. The van der Waals surface area contributed by atoms with Crippen LogP contribution < -0.4 is 16.4 Å². The third kappa shape index (κ3) is 3.93. The molecule has 2 saturated heterocycles. The molecule has 4 N–H and O–H groups in total. The van der Waals surface area contributed by atoms with Gasteiger partial charge in [-0.2, -0.15) is 0 Å². The molecule has 1 amide bonds. The highest BCUT2D eigenvalue weighted by Gasteiger charge is 2.42. The third-order valence-corrected chi connectivity index (χ3v) is 5.55. The van der Waals surface area contributed by atoms with E-state index in [1.165, 1.54) is 0 Å². The topological polar surface area (TPSA) is 70.4 Å². The fourth-order valence-corrected chi connectivity index (χ4v) is 3.98. The van der Waals surface area contributed by atoms with Crippen molar-refractivity contribution in [1.29, 1.82) is 0 Å². The van der Waals surface area contributed by atoms with Gasteiger partial charge in [-0.3, -0.25) is 4.79 Å². The Balaban J connectivity index is 1.63. The van der Waals surface area contributed by atoms with E-state index in [-0.39, 0.29) is 24.0 Å². The number of carbonyl (C=O) groups is 1. The van der Waals surface area contributed by atoms with Crippen molar-refractivity contribution in [2.75, 3.05) is 0 Å². The van der Waals surface area contributed by atoms with Crippen LogP contribution in [0.3, 0.4) is 0 Å². The van der Waals surface area contributed by atoms with Crippen LogP contribution in [-0.2, 0) is 11.3 Å². The van der Waals surface area contributed by atoms with Crippen LogP contribution in [0.1, 0.15) is 38.2 Å². The zero-order valence-corrected chi connectivity index (χ0v) is 15.6. The van der Waals surface area contributed by atoms with E-state index in [9.17, 15) is 4.79 Å². The Morgan fingerprint density at radius 1 is 1.27 bits per heavy atom. The van der Waals surface area contributed by atoms with Crippen molar-refractivity contribution in [3.8, 4) is 0 Å². The number of carbonyl (C=O) groups excluding carboxylic acids is 1. The minimum atomic E-state index is -0.135. The van der Waals surface area contributed by atoms with Gasteiger partial charge in [-0.25, -0.2) is 0 Å². The van der Waals surface area contributed by atoms with Gasteiger partial charge in [0.25, 0.3) is 0 Å². The second-order valence-corrected chi connectivity index (χ2v) is 7.44. The smallest absolute Gasteiger partial charge is 0.242 e. The van der Waals surface area contributed by atoms with Crippen molar-refractivity contribution in [2.45, 2.75) is 63.3 Å². The zero-order valence-electron chi connectivity index (χ0n) is 15.6. The summed E-state index contributed by atoms with van der Waals surface area (Å²) in [7, 11) is 0. The number of nitrogens with one attached hydrogen (secondary N) is 2. The number of nitrogens with zero attached hydrogens (tertiary/aromatic N) is 1. The van der Waals surface area contributed by atoms with Gasteiger partial charge >= 0.3 is 0 Å². The van der Waals surface area contributed by atoms with Crippen LogP contribution in [-0.4, -0.2) is 35.0 Å². The second-order valence-electron chi connectivity index (χ2n) is 7.44. The molecule has 0 aliphatic carbocycles. The summed E-state index contributed by atoms with van der Waals surface area (Å²) in [6.45, 7) is 10.8. The fraction of sp³-hybridized carbons (Fsp3) is 0.476. The van der Waals surface area contributed by atoms with Crippen LogP contribution in [0.15, 0.2) is 54.9 Å². The maximum absolute atomic E-state index is 12.8. The summed E-state index contributed by atoms with van der Waals surface area (Å²) >= 11 is 0. The van der Waals surface area contributed by atoms with Gasteiger partial charge in [0, 0.05) is 30.0 Å². The minimum absolute atomic E-state index is 0.0872. The van der Waals surface area contributed by atoms with E-state index in [4.69, 9.17) is 5.73 Å². The summed E-state index contributed by atoms with van der Waals surface area (Å²) in [5.74, 6) is 0.0872. The first-order valence-electron chi connectivity index (χ1n) is 9.47. The molecule has 5 nitrogen and oxygen atoms in total. The number of piperidine rings is 1. The first kappa shape index (κ1) is 18.5. The Labute approximate surface area is 156 Å². The normalized spacial score (nSPS) is 26.2. The molecular weight excluding hydrogens is 324 g/mol. The molecule has 140 valence electrons. The van der Waals surface area contributed by atoms with E-state index in [0.29, 0.717) is 12.6 Å². The highest BCUT2D eigenvalue weighted by molar-refractivity contribution is 5.82. The Bertz CT molecular complexity index is 670. The largest absolute Gasteiger partial charge is 0.379 e. The first-order chi connectivity index (χ1) is 12.5. The molecule has 26 heavy (non-hydrogen) atoms. The highest BCUT2D eigenvalue weighted by atomic mass is 16.2. The molecule has 0 saturated carbocycles. The van der Waals surface area contributed by atoms with Crippen molar-refractivity contribution in [1.82, 2.24) is 15.5 Å².